The number of hydrogen-bond donors (Lipinski definition) is 0. The molecule has 18 heavy (non-hydrogen) atoms. The minimum Gasteiger partial charge on any atom is -0.312 e. The highest BCUT2D eigenvalue weighted by molar-refractivity contribution is 6.63. The largest absolute Gasteiger partial charge is 0.312 e. The highest BCUT2D eigenvalue weighted by Gasteiger charge is 2.11. The first kappa shape index (κ1) is 15.0. The monoisotopic (exact) mass is 269 g/mol. The summed E-state index contributed by atoms with van der Waals surface area (Å²) in [4.78, 5) is 23.1. The van der Waals surface area contributed by atoms with Gasteiger partial charge in [0.25, 0.3) is 5.56 Å². The Bertz CT molecular complexity index is 477. The van der Waals surface area contributed by atoms with E-state index < -0.39 is 5.24 Å². The molecule has 0 bridgehead atoms. The van der Waals surface area contributed by atoms with Crippen LogP contribution in [0.4, 0.5) is 0 Å². The zero-order valence-electron chi connectivity index (χ0n) is 11.2. The molecule has 1 aromatic rings. The van der Waals surface area contributed by atoms with Crippen LogP contribution in [0.15, 0.2) is 16.9 Å². The molecular weight excluding hydrogens is 250 g/mol. The van der Waals surface area contributed by atoms with E-state index in [1.54, 1.807) is 0 Å². The maximum Gasteiger partial charge on any atom is 0.253 e. The van der Waals surface area contributed by atoms with Gasteiger partial charge in [-0.25, -0.2) is 0 Å². The Morgan fingerprint density at radius 1 is 1.39 bits per heavy atom. The third-order valence-electron chi connectivity index (χ3n) is 2.92. The van der Waals surface area contributed by atoms with Crippen molar-refractivity contribution in [1.82, 2.24) is 4.57 Å². The van der Waals surface area contributed by atoms with E-state index in [-0.39, 0.29) is 12.0 Å². The molecular formula is C14H20ClNO2. The third-order valence-corrected chi connectivity index (χ3v) is 3.11. The second-order valence-electron chi connectivity index (χ2n) is 4.75. The van der Waals surface area contributed by atoms with Crippen molar-refractivity contribution in [2.45, 2.75) is 52.5 Å². The fraction of sp³-hybridized carbons (Fsp3) is 0.571. The van der Waals surface area contributed by atoms with Gasteiger partial charge in [-0.05, 0) is 36.4 Å². The van der Waals surface area contributed by atoms with Crippen LogP contribution in [0.1, 0.15) is 50.8 Å². The standard InChI is InChI=1S/C14H20ClNO2/c1-4-9-16-12(10(2)3)7-5-11(14(16)18)6-8-13(15)17/h5,7,10H,4,6,8-9H2,1-3H3. The molecule has 4 heteroatoms. The molecule has 0 amide bonds. The van der Waals surface area contributed by atoms with E-state index in [1.165, 1.54) is 0 Å². The van der Waals surface area contributed by atoms with Crippen LogP contribution >= 0.6 is 11.6 Å². The van der Waals surface area contributed by atoms with Gasteiger partial charge in [0.05, 0.1) is 0 Å². The smallest absolute Gasteiger partial charge is 0.253 e. The average Bonchev–Trinajstić information content (AvgIpc) is 2.29. The summed E-state index contributed by atoms with van der Waals surface area (Å²) in [5.74, 6) is 0.313. The van der Waals surface area contributed by atoms with E-state index in [1.807, 2.05) is 23.6 Å². The van der Waals surface area contributed by atoms with Gasteiger partial charge in [-0.3, -0.25) is 9.59 Å². The highest BCUT2D eigenvalue weighted by atomic mass is 35.5. The minimum atomic E-state index is -0.399. The van der Waals surface area contributed by atoms with Crippen molar-refractivity contribution in [3.05, 3.63) is 33.7 Å². The van der Waals surface area contributed by atoms with E-state index in [9.17, 15) is 9.59 Å². The first-order valence-electron chi connectivity index (χ1n) is 6.38. The van der Waals surface area contributed by atoms with Gasteiger partial charge in [-0.2, -0.15) is 0 Å². The SMILES string of the molecule is CCCn1c(C(C)C)ccc(CCC(=O)Cl)c1=O. The van der Waals surface area contributed by atoms with Gasteiger partial charge in [-0.15, -0.1) is 0 Å². The van der Waals surface area contributed by atoms with Crippen LogP contribution in [0.25, 0.3) is 0 Å². The molecule has 0 unspecified atom stereocenters. The lowest BCUT2D eigenvalue weighted by molar-refractivity contribution is -0.111. The van der Waals surface area contributed by atoms with Crippen LogP contribution in [0, 0.1) is 0 Å². The first-order chi connectivity index (χ1) is 8.47. The van der Waals surface area contributed by atoms with Crippen molar-refractivity contribution in [3.63, 3.8) is 0 Å². The summed E-state index contributed by atoms with van der Waals surface area (Å²) in [7, 11) is 0. The first-order valence-corrected chi connectivity index (χ1v) is 6.76. The van der Waals surface area contributed by atoms with Crippen LogP contribution in [-0.2, 0) is 17.8 Å². The van der Waals surface area contributed by atoms with Crippen LogP contribution in [0.2, 0.25) is 0 Å². The van der Waals surface area contributed by atoms with Crippen LogP contribution in [0.3, 0.4) is 0 Å². The van der Waals surface area contributed by atoms with Crippen molar-refractivity contribution in [2.24, 2.45) is 0 Å². The van der Waals surface area contributed by atoms with Gasteiger partial charge in [0.15, 0.2) is 0 Å². The van der Waals surface area contributed by atoms with E-state index >= 15 is 0 Å². The predicted molar refractivity (Wildman–Crippen MR) is 74.3 cm³/mol. The molecule has 0 aliphatic heterocycles. The van der Waals surface area contributed by atoms with Crippen LogP contribution in [-0.4, -0.2) is 9.81 Å². The summed E-state index contributed by atoms with van der Waals surface area (Å²) in [5, 5.41) is -0.399. The Hall–Kier alpha value is -1.09. The summed E-state index contributed by atoms with van der Waals surface area (Å²) in [6.07, 6.45) is 1.55. The van der Waals surface area contributed by atoms with Crippen molar-refractivity contribution >= 4 is 16.8 Å². The average molecular weight is 270 g/mol. The number of aryl methyl sites for hydroxylation is 1. The van der Waals surface area contributed by atoms with E-state index in [0.717, 1.165) is 18.7 Å². The molecule has 0 aliphatic carbocycles. The number of nitrogens with zero attached hydrogens (tertiary/aromatic N) is 1. The van der Waals surface area contributed by atoms with Crippen molar-refractivity contribution in [3.8, 4) is 0 Å². The molecule has 0 aromatic carbocycles. The van der Waals surface area contributed by atoms with Gasteiger partial charge in [0, 0.05) is 24.2 Å². The molecule has 0 atom stereocenters. The Balaban J connectivity index is 3.13. The second kappa shape index (κ2) is 6.74. The van der Waals surface area contributed by atoms with E-state index in [4.69, 9.17) is 11.6 Å². The maximum atomic E-state index is 12.3. The zero-order valence-corrected chi connectivity index (χ0v) is 12.0. The number of aromatic nitrogens is 1. The maximum absolute atomic E-state index is 12.3. The Labute approximate surface area is 113 Å². The molecule has 1 rings (SSSR count). The Morgan fingerprint density at radius 2 is 2.06 bits per heavy atom. The van der Waals surface area contributed by atoms with Crippen LogP contribution < -0.4 is 5.56 Å². The summed E-state index contributed by atoms with van der Waals surface area (Å²) < 4.78 is 1.82. The molecule has 1 aromatic heterocycles. The predicted octanol–water partition coefficient (Wildman–Crippen LogP) is 3.08. The fourth-order valence-corrected chi connectivity index (χ4v) is 2.11. The quantitative estimate of drug-likeness (QED) is 0.745. The van der Waals surface area contributed by atoms with Gasteiger partial charge >= 0.3 is 0 Å². The number of carbonyl (C=O) groups excluding carboxylic acids is 1. The fourth-order valence-electron chi connectivity index (χ4n) is 2.02. The third kappa shape index (κ3) is 3.70. The summed E-state index contributed by atoms with van der Waals surface area (Å²) >= 11 is 5.31. The molecule has 0 radical (unpaired) electrons. The highest BCUT2D eigenvalue weighted by Crippen LogP contribution is 2.14. The lowest BCUT2D eigenvalue weighted by Crippen LogP contribution is -2.27. The second-order valence-corrected chi connectivity index (χ2v) is 5.17. The lowest BCUT2D eigenvalue weighted by atomic mass is 10.1. The number of carbonyl (C=O) groups is 1. The topological polar surface area (TPSA) is 39.1 Å². The molecule has 0 fully saturated rings. The van der Waals surface area contributed by atoms with Gasteiger partial charge in [0.2, 0.25) is 5.24 Å². The molecule has 0 saturated carbocycles. The number of rotatable bonds is 6. The molecule has 0 spiro atoms. The molecule has 1 heterocycles. The number of halogens is 1. The summed E-state index contributed by atoms with van der Waals surface area (Å²) in [6, 6.07) is 3.80. The van der Waals surface area contributed by atoms with E-state index in [2.05, 4.69) is 13.8 Å². The Morgan fingerprint density at radius 3 is 2.56 bits per heavy atom. The summed E-state index contributed by atoms with van der Waals surface area (Å²) in [6.45, 7) is 6.91. The van der Waals surface area contributed by atoms with Crippen molar-refractivity contribution in [1.29, 1.82) is 0 Å². The number of pyridine rings is 1. The zero-order chi connectivity index (χ0) is 13.7. The molecule has 3 nitrogen and oxygen atoms in total. The summed E-state index contributed by atoms with van der Waals surface area (Å²) in [5.41, 5.74) is 1.73. The molecule has 0 saturated heterocycles. The van der Waals surface area contributed by atoms with Crippen molar-refractivity contribution in [2.75, 3.05) is 0 Å². The van der Waals surface area contributed by atoms with Gasteiger partial charge in [0.1, 0.15) is 0 Å². The normalized spacial score (nSPS) is 10.9. The van der Waals surface area contributed by atoms with Crippen LogP contribution in [0.5, 0.6) is 0 Å². The van der Waals surface area contributed by atoms with Gasteiger partial charge < -0.3 is 4.57 Å². The van der Waals surface area contributed by atoms with E-state index in [0.29, 0.717) is 17.9 Å². The molecule has 100 valence electrons. The molecule has 0 aliphatic rings. The van der Waals surface area contributed by atoms with Crippen molar-refractivity contribution < 1.29 is 4.79 Å². The minimum absolute atomic E-state index is 0.0148. The lowest BCUT2D eigenvalue weighted by Gasteiger charge is -2.16. The molecule has 0 N–H and O–H groups in total. The Kier molecular flexibility index (Phi) is 5.60. The number of hydrogen-bond acceptors (Lipinski definition) is 2. The van der Waals surface area contributed by atoms with Gasteiger partial charge in [-0.1, -0.05) is 26.8 Å².